The molecule has 66 valence electrons. The van der Waals surface area contributed by atoms with Crippen molar-refractivity contribution in [1.29, 1.82) is 0 Å². The molecular weight excluding hydrogens is 144 g/mol. The van der Waals surface area contributed by atoms with Crippen molar-refractivity contribution in [2.75, 3.05) is 6.61 Å². The summed E-state index contributed by atoms with van der Waals surface area (Å²) in [5, 5.41) is 0. The maximum absolute atomic E-state index is 10.5. The van der Waals surface area contributed by atoms with Crippen LogP contribution in [0, 0.1) is 0 Å². The Morgan fingerprint density at radius 1 is 1.64 bits per heavy atom. The first-order chi connectivity index (χ1) is 5.07. The van der Waals surface area contributed by atoms with E-state index in [1.165, 1.54) is 0 Å². The van der Waals surface area contributed by atoms with Crippen molar-refractivity contribution in [3.05, 3.63) is 0 Å². The molecule has 0 rings (SSSR count). The molecular formula is C7H16N2O2. The van der Waals surface area contributed by atoms with E-state index in [4.69, 9.17) is 16.2 Å². The number of amides is 1. The third-order valence-electron chi connectivity index (χ3n) is 1.49. The Labute approximate surface area is 66.9 Å². The first kappa shape index (κ1) is 10.4. The van der Waals surface area contributed by atoms with Gasteiger partial charge in [0.05, 0.1) is 6.61 Å². The van der Waals surface area contributed by atoms with Gasteiger partial charge in [0.15, 0.2) is 0 Å². The van der Waals surface area contributed by atoms with Gasteiger partial charge in [0.1, 0.15) is 6.10 Å². The van der Waals surface area contributed by atoms with Crippen LogP contribution in [0.15, 0.2) is 0 Å². The summed E-state index contributed by atoms with van der Waals surface area (Å²) in [6.07, 6.45) is 0.304. The number of nitrogens with two attached hydrogens (primary N) is 2. The zero-order chi connectivity index (χ0) is 8.85. The molecule has 0 aromatic carbocycles. The minimum atomic E-state index is -0.535. The van der Waals surface area contributed by atoms with Crippen molar-refractivity contribution < 1.29 is 9.53 Å². The standard InChI is InChI=1S/C7H16N2O2/c1-3-6(8)4-11-5(2)7(9)10/h5-6H,3-4,8H2,1-2H3,(H2,9,10). The van der Waals surface area contributed by atoms with E-state index < -0.39 is 12.0 Å². The lowest BCUT2D eigenvalue weighted by atomic mass is 10.2. The van der Waals surface area contributed by atoms with E-state index >= 15 is 0 Å². The summed E-state index contributed by atoms with van der Waals surface area (Å²) in [6, 6.07) is -0.00296. The third-order valence-corrected chi connectivity index (χ3v) is 1.49. The average molecular weight is 160 g/mol. The molecule has 0 bridgehead atoms. The molecule has 11 heavy (non-hydrogen) atoms. The molecule has 0 radical (unpaired) electrons. The minimum Gasteiger partial charge on any atom is -0.367 e. The largest absolute Gasteiger partial charge is 0.367 e. The lowest BCUT2D eigenvalue weighted by molar-refractivity contribution is -0.128. The number of hydrogen-bond acceptors (Lipinski definition) is 3. The van der Waals surface area contributed by atoms with Gasteiger partial charge < -0.3 is 16.2 Å². The van der Waals surface area contributed by atoms with Crippen LogP contribution in [-0.2, 0) is 9.53 Å². The van der Waals surface area contributed by atoms with Crippen LogP contribution in [0.3, 0.4) is 0 Å². The highest BCUT2D eigenvalue weighted by atomic mass is 16.5. The zero-order valence-corrected chi connectivity index (χ0v) is 7.04. The Balaban J connectivity index is 3.45. The predicted molar refractivity (Wildman–Crippen MR) is 42.9 cm³/mol. The summed E-state index contributed by atoms with van der Waals surface area (Å²) in [5.41, 5.74) is 10.5. The Bertz CT molecular complexity index is 128. The lowest BCUT2D eigenvalue weighted by Crippen LogP contribution is -2.33. The van der Waals surface area contributed by atoms with E-state index in [9.17, 15) is 4.79 Å². The Kier molecular flexibility index (Phi) is 4.81. The molecule has 1 amide bonds. The summed E-state index contributed by atoms with van der Waals surface area (Å²) >= 11 is 0. The second-order valence-electron chi connectivity index (χ2n) is 2.55. The van der Waals surface area contributed by atoms with Gasteiger partial charge in [-0.25, -0.2) is 0 Å². The molecule has 4 heteroatoms. The van der Waals surface area contributed by atoms with Crippen molar-refractivity contribution >= 4 is 5.91 Å². The molecule has 0 fully saturated rings. The van der Waals surface area contributed by atoms with Crippen LogP contribution < -0.4 is 11.5 Å². The number of carbonyl (C=O) groups is 1. The highest BCUT2D eigenvalue weighted by molar-refractivity contribution is 5.78. The normalized spacial score (nSPS) is 15.9. The van der Waals surface area contributed by atoms with Gasteiger partial charge in [-0.05, 0) is 13.3 Å². The Morgan fingerprint density at radius 2 is 2.18 bits per heavy atom. The second kappa shape index (κ2) is 5.09. The predicted octanol–water partition coefficient (Wildman–Crippen LogP) is -0.386. The van der Waals surface area contributed by atoms with Gasteiger partial charge in [-0.2, -0.15) is 0 Å². The summed E-state index contributed by atoms with van der Waals surface area (Å²) < 4.78 is 5.06. The quantitative estimate of drug-likeness (QED) is 0.575. The molecule has 0 aromatic rings. The van der Waals surface area contributed by atoms with Crippen molar-refractivity contribution in [1.82, 2.24) is 0 Å². The molecule has 0 saturated heterocycles. The van der Waals surface area contributed by atoms with Crippen LogP contribution in [0.2, 0.25) is 0 Å². The third kappa shape index (κ3) is 4.75. The monoisotopic (exact) mass is 160 g/mol. The number of hydrogen-bond donors (Lipinski definition) is 2. The molecule has 0 aliphatic rings. The SMILES string of the molecule is CCC(N)COC(C)C(N)=O. The Morgan fingerprint density at radius 3 is 2.55 bits per heavy atom. The summed E-state index contributed by atoms with van der Waals surface area (Å²) in [6.45, 7) is 3.97. The van der Waals surface area contributed by atoms with Crippen molar-refractivity contribution in [2.45, 2.75) is 32.4 Å². The van der Waals surface area contributed by atoms with Crippen LogP contribution >= 0.6 is 0 Å². The van der Waals surface area contributed by atoms with Gasteiger partial charge in [-0.1, -0.05) is 6.92 Å². The van der Waals surface area contributed by atoms with Crippen molar-refractivity contribution in [2.24, 2.45) is 11.5 Å². The van der Waals surface area contributed by atoms with Crippen LogP contribution in [0.4, 0.5) is 0 Å². The van der Waals surface area contributed by atoms with Crippen molar-refractivity contribution in [3.63, 3.8) is 0 Å². The molecule has 0 aliphatic heterocycles. The Hall–Kier alpha value is -0.610. The number of primary amides is 1. The maximum atomic E-state index is 10.5. The maximum Gasteiger partial charge on any atom is 0.246 e. The number of rotatable bonds is 5. The molecule has 0 aromatic heterocycles. The van der Waals surface area contributed by atoms with Gasteiger partial charge in [0, 0.05) is 6.04 Å². The molecule has 0 saturated carbocycles. The molecule has 0 heterocycles. The fourth-order valence-electron chi connectivity index (χ4n) is 0.468. The van der Waals surface area contributed by atoms with Gasteiger partial charge >= 0.3 is 0 Å². The molecule has 2 unspecified atom stereocenters. The van der Waals surface area contributed by atoms with Crippen molar-refractivity contribution in [3.8, 4) is 0 Å². The second-order valence-corrected chi connectivity index (χ2v) is 2.55. The zero-order valence-electron chi connectivity index (χ0n) is 7.04. The summed E-state index contributed by atoms with van der Waals surface area (Å²) in [5.74, 6) is -0.451. The van der Waals surface area contributed by atoms with Crippen LogP contribution in [0.1, 0.15) is 20.3 Å². The van der Waals surface area contributed by atoms with E-state index in [0.717, 1.165) is 6.42 Å². The number of ether oxygens (including phenoxy) is 1. The van der Waals surface area contributed by atoms with Gasteiger partial charge in [0.2, 0.25) is 5.91 Å². The fourth-order valence-corrected chi connectivity index (χ4v) is 0.468. The van der Waals surface area contributed by atoms with E-state index in [1.54, 1.807) is 6.92 Å². The minimum absolute atomic E-state index is 0.00296. The molecule has 0 aliphatic carbocycles. The van der Waals surface area contributed by atoms with E-state index in [0.29, 0.717) is 6.61 Å². The molecule has 2 atom stereocenters. The van der Waals surface area contributed by atoms with E-state index in [1.807, 2.05) is 6.92 Å². The first-order valence-corrected chi connectivity index (χ1v) is 3.74. The lowest BCUT2D eigenvalue weighted by Gasteiger charge is -2.12. The van der Waals surface area contributed by atoms with Crippen LogP contribution in [0.5, 0.6) is 0 Å². The number of carbonyl (C=O) groups excluding carboxylic acids is 1. The van der Waals surface area contributed by atoms with Crippen LogP contribution in [0.25, 0.3) is 0 Å². The highest BCUT2D eigenvalue weighted by Crippen LogP contribution is 1.93. The summed E-state index contributed by atoms with van der Waals surface area (Å²) in [7, 11) is 0. The molecule has 4 nitrogen and oxygen atoms in total. The van der Waals surface area contributed by atoms with Crippen LogP contribution in [-0.4, -0.2) is 24.7 Å². The van der Waals surface area contributed by atoms with Gasteiger partial charge in [0.25, 0.3) is 0 Å². The topological polar surface area (TPSA) is 78.3 Å². The van der Waals surface area contributed by atoms with Gasteiger partial charge in [-0.15, -0.1) is 0 Å². The summed E-state index contributed by atoms with van der Waals surface area (Å²) in [4.78, 5) is 10.5. The van der Waals surface area contributed by atoms with E-state index in [2.05, 4.69) is 0 Å². The van der Waals surface area contributed by atoms with E-state index in [-0.39, 0.29) is 6.04 Å². The fraction of sp³-hybridized carbons (Fsp3) is 0.857. The first-order valence-electron chi connectivity index (χ1n) is 3.74. The highest BCUT2D eigenvalue weighted by Gasteiger charge is 2.09. The molecule has 4 N–H and O–H groups in total. The average Bonchev–Trinajstić information content (AvgIpc) is 1.99. The molecule has 0 spiro atoms. The smallest absolute Gasteiger partial charge is 0.246 e. The van der Waals surface area contributed by atoms with Gasteiger partial charge in [-0.3, -0.25) is 4.79 Å².